The third-order valence-electron chi connectivity index (χ3n) is 3.53. The smallest absolute Gasteiger partial charge is 0.126 e. The second-order valence-electron chi connectivity index (χ2n) is 5.15. The van der Waals surface area contributed by atoms with Crippen LogP contribution in [0, 0.1) is 19.7 Å². The fraction of sp³-hybridized carbons (Fsp3) is 0.375. The Balaban J connectivity index is 2.13. The highest BCUT2D eigenvalue weighted by Crippen LogP contribution is 2.21. The van der Waals surface area contributed by atoms with Crippen LogP contribution in [0.4, 0.5) is 4.39 Å². The number of nitrogens with zero attached hydrogens (tertiary/aromatic N) is 2. The summed E-state index contributed by atoms with van der Waals surface area (Å²) in [4.78, 5) is 8.60. The summed E-state index contributed by atoms with van der Waals surface area (Å²) in [5.74, 6) is -0.167. The minimum absolute atomic E-state index is 0.0431. The summed E-state index contributed by atoms with van der Waals surface area (Å²) in [5, 5.41) is 3.43. The van der Waals surface area contributed by atoms with Crippen LogP contribution in [0.1, 0.15) is 48.4 Å². The van der Waals surface area contributed by atoms with E-state index < -0.39 is 0 Å². The van der Waals surface area contributed by atoms with Crippen LogP contribution in [0.3, 0.4) is 0 Å². The third kappa shape index (κ3) is 3.20. The zero-order valence-corrected chi connectivity index (χ0v) is 12.3. The summed E-state index contributed by atoms with van der Waals surface area (Å²) >= 11 is 0. The van der Waals surface area contributed by atoms with Gasteiger partial charge in [-0.3, -0.25) is 9.97 Å². The number of rotatable bonds is 4. The summed E-state index contributed by atoms with van der Waals surface area (Å²) < 4.78 is 13.6. The molecule has 2 rings (SSSR count). The molecule has 3 nitrogen and oxygen atoms in total. The molecule has 0 bridgehead atoms. The Kier molecular flexibility index (Phi) is 4.45. The topological polar surface area (TPSA) is 37.8 Å². The van der Waals surface area contributed by atoms with E-state index >= 15 is 0 Å². The SMILES string of the molecule is Cc1ccc(C(C)NC(C)c2nccnc2C)cc1F. The van der Waals surface area contributed by atoms with Crippen molar-refractivity contribution in [2.24, 2.45) is 0 Å². The first-order valence-electron chi connectivity index (χ1n) is 6.78. The van der Waals surface area contributed by atoms with Gasteiger partial charge in [0.2, 0.25) is 0 Å². The zero-order chi connectivity index (χ0) is 14.7. The van der Waals surface area contributed by atoms with E-state index in [2.05, 4.69) is 15.3 Å². The summed E-state index contributed by atoms with van der Waals surface area (Å²) in [6.45, 7) is 7.77. The van der Waals surface area contributed by atoms with Crippen molar-refractivity contribution >= 4 is 0 Å². The van der Waals surface area contributed by atoms with Gasteiger partial charge in [0.1, 0.15) is 5.82 Å². The maximum atomic E-state index is 13.6. The van der Waals surface area contributed by atoms with Crippen molar-refractivity contribution in [1.29, 1.82) is 0 Å². The summed E-state index contributed by atoms with van der Waals surface area (Å²) in [6.07, 6.45) is 3.38. The molecule has 20 heavy (non-hydrogen) atoms. The summed E-state index contributed by atoms with van der Waals surface area (Å²) in [7, 11) is 0. The molecule has 0 aliphatic heterocycles. The minimum atomic E-state index is -0.167. The van der Waals surface area contributed by atoms with E-state index in [1.54, 1.807) is 31.5 Å². The van der Waals surface area contributed by atoms with Crippen molar-refractivity contribution < 1.29 is 4.39 Å². The van der Waals surface area contributed by atoms with Gasteiger partial charge in [-0.15, -0.1) is 0 Å². The molecule has 2 unspecified atom stereocenters. The maximum absolute atomic E-state index is 13.6. The molecule has 1 aromatic heterocycles. The molecular weight excluding hydrogens is 253 g/mol. The molecule has 0 saturated heterocycles. The van der Waals surface area contributed by atoms with Crippen LogP contribution < -0.4 is 5.32 Å². The average Bonchev–Trinajstić information content (AvgIpc) is 2.42. The average molecular weight is 273 g/mol. The van der Waals surface area contributed by atoms with Crippen molar-refractivity contribution in [2.45, 2.75) is 39.8 Å². The number of halogens is 1. The molecule has 0 fully saturated rings. The molecule has 106 valence electrons. The molecule has 1 heterocycles. The monoisotopic (exact) mass is 273 g/mol. The van der Waals surface area contributed by atoms with Crippen LogP contribution in [0.5, 0.6) is 0 Å². The standard InChI is InChI=1S/C16H20FN3/c1-10-5-6-14(9-15(10)17)11(2)20-13(4)16-12(3)18-7-8-19-16/h5-9,11,13,20H,1-4H3. The second-order valence-corrected chi connectivity index (χ2v) is 5.15. The van der Waals surface area contributed by atoms with Crippen LogP contribution in [-0.4, -0.2) is 9.97 Å². The number of hydrogen-bond acceptors (Lipinski definition) is 3. The lowest BCUT2D eigenvalue weighted by Gasteiger charge is -2.21. The highest BCUT2D eigenvalue weighted by Gasteiger charge is 2.15. The Morgan fingerprint density at radius 1 is 1.05 bits per heavy atom. The number of nitrogens with one attached hydrogen (secondary N) is 1. The van der Waals surface area contributed by atoms with Gasteiger partial charge >= 0.3 is 0 Å². The molecule has 0 spiro atoms. The quantitative estimate of drug-likeness (QED) is 0.924. The number of aromatic nitrogens is 2. The van der Waals surface area contributed by atoms with Crippen LogP contribution in [0.25, 0.3) is 0 Å². The summed E-state index contributed by atoms with van der Waals surface area (Å²) in [6, 6.07) is 5.45. The zero-order valence-electron chi connectivity index (χ0n) is 12.3. The lowest BCUT2D eigenvalue weighted by molar-refractivity contribution is 0.480. The van der Waals surface area contributed by atoms with Gasteiger partial charge in [0.05, 0.1) is 11.4 Å². The fourth-order valence-electron chi connectivity index (χ4n) is 2.27. The Morgan fingerprint density at radius 3 is 2.40 bits per heavy atom. The van der Waals surface area contributed by atoms with E-state index in [1.165, 1.54) is 0 Å². The molecule has 0 aliphatic carbocycles. The van der Waals surface area contributed by atoms with E-state index in [1.807, 2.05) is 26.8 Å². The van der Waals surface area contributed by atoms with Gasteiger partial charge in [-0.25, -0.2) is 4.39 Å². The van der Waals surface area contributed by atoms with Crippen molar-refractivity contribution in [3.63, 3.8) is 0 Å². The van der Waals surface area contributed by atoms with Crippen LogP contribution in [-0.2, 0) is 0 Å². The van der Waals surface area contributed by atoms with Crippen molar-refractivity contribution in [3.8, 4) is 0 Å². The fourth-order valence-corrected chi connectivity index (χ4v) is 2.27. The van der Waals surface area contributed by atoms with Crippen molar-refractivity contribution in [1.82, 2.24) is 15.3 Å². The molecular formula is C16H20FN3. The van der Waals surface area contributed by atoms with Gasteiger partial charge in [0.25, 0.3) is 0 Å². The van der Waals surface area contributed by atoms with E-state index in [0.29, 0.717) is 5.56 Å². The number of hydrogen-bond donors (Lipinski definition) is 1. The van der Waals surface area contributed by atoms with E-state index in [-0.39, 0.29) is 17.9 Å². The first-order valence-corrected chi connectivity index (χ1v) is 6.78. The normalized spacial score (nSPS) is 14.1. The van der Waals surface area contributed by atoms with Gasteiger partial charge < -0.3 is 5.32 Å². The second kappa shape index (κ2) is 6.09. The van der Waals surface area contributed by atoms with Gasteiger partial charge in [0.15, 0.2) is 0 Å². The number of aryl methyl sites for hydroxylation is 2. The third-order valence-corrected chi connectivity index (χ3v) is 3.53. The Morgan fingerprint density at radius 2 is 1.75 bits per heavy atom. The maximum Gasteiger partial charge on any atom is 0.126 e. The lowest BCUT2D eigenvalue weighted by atomic mass is 10.0. The highest BCUT2D eigenvalue weighted by molar-refractivity contribution is 5.26. The van der Waals surface area contributed by atoms with Crippen LogP contribution in [0.2, 0.25) is 0 Å². The van der Waals surface area contributed by atoms with E-state index in [4.69, 9.17) is 0 Å². The molecule has 2 atom stereocenters. The van der Waals surface area contributed by atoms with Gasteiger partial charge in [-0.2, -0.15) is 0 Å². The first kappa shape index (κ1) is 14.6. The predicted octanol–water partition coefficient (Wildman–Crippen LogP) is 3.64. The van der Waals surface area contributed by atoms with Gasteiger partial charge in [-0.05, 0) is 44.9 Å². The van der Waals surface area contributed by atoms with E-state index in [9.17, 15) is 4.39 Å². The molecule has 0 aliphatic rings. The predicted molar refractivity (Wildman–Crippen MR) is 77.9 cm³/mol. The Hall–Kier alpha value is -1.81. The molecule has 1 aromatic carbocycles. The molecule has 2 aromatic rings. The van der Waals surface area contributed by atoms with E-state index in [0.717, 1.165) is 17.0 Å². The molecule has 4 heteroatoms. The molecule has 0 saturated carbocycles. The lowest BCUT2D eigenvalue weighted by Crippen LogP contribution is -2.24. The van der Waals surface area contributed by atoms with Gasteiger partial charge in [0, 0.05) is 24.5 Å². The molecule has 1 N–H and O–H groups in total. The van der Waals surface area contributed by atoms with Crippen molar-refractivity contribution in [3.05, 3.63) is 58.9 Å². The molecule has 0 amide bonds. The number of benzene rings is 1. The molecule has 0 radical (unpaired) electrons. The largest absolute Gasteiger partial charge is 0.302 e. The van der Waals surface area contributed by atoms with Gasteiger partial charge in [-0.1, -0.05) is 12.1 Å². The first-order chi connectivity index (χ1) is 9.49. The summed E-state index contributed by atoms with van der Waals surface area (Å²) in [5.41, 5.74) is 3.43. The minimum Gasteiger partial charge on any atom is -0.302 e. The van der Waals surface area contributed by atoms with Crippen LogP contribution in [0.15, 0.2) is 30.6 Å². The Bertz CT molecular complexity index is 598. The van der Waals surface area contributed by atoms with Crippen LogP contribution >= 0.6 is 0 Å². The highest BCUT2D eigenvalue weighted by atomic mass is 19.1. The Labute approximate surface area is 119 Å². The van der Waals surface area contributed by atoms with Crippen molar-refractivity contribution in [2.75, 3.05) is 0 Å².